The molecule has 0 N–H and O–H groups in total. The van der Waals surface area contributed by atoms with E-state index in [1.807, 2.05) is 18.2 Å². The molecular weight excluding hydrogens is 348 g/mol. The van der Waals surface area contributed by atoms with E-state index >= 15 is 0 Å². The van der Waals surface area contributed by atoms with E-state index in [4.69, 9.17) is 4.74 Å². The SMILES string of the molecule is CN1C[C@@H]2[C@@H](CC[C@]3(C)CCC[C@@H]23)[C@]2(C)C1=CC(=O)CC2Oc1ccncc1. The van der Waals surface area contributed by atoms with Crippen LogP contribution in [0, 0.1) is 28.6 Å². The molecule has 6 atom stereocenters. The van der Waals surface area contributed by atoms with Gasteiger partial charge in [0.25, 0.3) is 0 Å². The van der Waals surface area contributed by atoms with Crippen LogP contribution in [-0.2, 0) is 4.79 Å². The Bertz CT molecular complexity index is 806. The minimum atomic E-state index is -0.112. The average Bonchev–Trinajstić information content (AvgIpc) is 3.07. The van der Waals surface area contributed by atoms with Gasteiger partial charge in [0.2, 0.25) is 0 Å². The number of hydrogen-bond donors (Lipinski definition) is 0. The molecule has 4 aliphatic rings. The monoisotopic (exact) mass is 380 g/mol. The summed E-state index contributed by atoms with van der Waals surface area (Å²) in [5.74, 6) is 3.11. The maximum absolute atomic E-state index is 12.6. The summed E-state index contributed by atoms with van der Waals surface area (Å²) in [5, 5.41) is 0. The third-order valence-electron chi connectivity index (χ3n) is 8.72. The van der Waals surface area contributed by atoms with Crippen LogP contribution in [0.15, 0.2) is 36.3 Å². The van der Waals surface area contributed by atoms with Crippen molar-refractivity contribution in [2.24, 2.45) is 28.6 Å². The molecule has 28 heavy (non-hydrogen) atoms. The summed E-state index contributed by atoms with van der Waals surface area (Å²) in [4.78, 5) is 19.1. The van der Waals surface area contributed by atoms with Gasteiger partial charge in [-0.05, 0) is 61.0 Å². The smallest absolute Gasteiger partial charge is 0.161 e. The molecule has 0 amide bonds. The van der Waals surface area contributed by atoms with E-state index in [1.165, 1.54) is 37.8 Å². The summed E-state index contributed by atoms with van der Waals surface area (Å²) in [6, 6.07) is 3.82. The Morgan fingerprint density at radius 2 is 1.93 bits per heavy atom. The normalized spacial score (nSPS) is 42.3. The molecule has 0 bridgehead atoms. The molecular formula is C24H32N2O2. The Kier molecular flexibility index (Phi) is 4.12. The Balaban J connectivity index is 1.55. The second kappa shape index (κ2) is 6.33. The second-order valence-electron chi connectivity index (χ2n) is 10.1. The summed E-state index contributed by atoms with van der Waals surface area (Å²) in [6.45, 7) is 5.99. The summed E-state index contributed by atoms with van der Waals surface area (Å²) in [5.41, 5.74) is 1.61. The maximum atomic E-state index is 12.6. The zero-order chi connectivity index (χ0) is 19.5. The Labute approximate surface area is 168 Å². The number of carbonyl (C=O) groups excluding carboxylic acids is 1. The van der Waals surface area contributed by atoms with Crippen molar-refractivity contribution in [2.75, 3.05) is 13.6 Å². The van der Waals surface area contributed by atoms with Crippen molar-refractivity contribution in [2.45, 2.75) is 58.5 Å². The van der Waals surface area contributed by atoms with Crippen molar-refractivity contribution < 1.29 is 9.53 Å². The molecule has 150 valence electrons. The molecule has 2 heterocycles. The highest BCUT2D eigenvalue weighted by Crippen LogP contribution is 2.64. The summed E-state index contributed by atoms with van der Waals surface area (Å²) < 4.78 is 6.50. The van der Waals surface area contributed by atoms with Crippen molar-refractivity contribution in [3.8, 4) is 5.75 Å². The predicted octanol–water partition coefficient (Wildman–Crippen LogP) is 4.47. The molecule has 1 aliphatic heterocycles. The number of ketones is 1. The van der Waals surface area contributed by atoms with Gasteiger partial charge in [-0.2, -0.15) is 0 Å². The number of pyridine rings is 1. The number of piperidine rings is 1. The molecule has 5 rings (SSSR count). The fourth-order valence-corrected chi connectivity index (χ4v) is 7.32. The van der Waals surface area contributed by atoms with E-state index in [1.54, 1.807) is 12.4 Å². The summed E-state index contributed by atoms with van der Waals surface area (Å²) >= 11 is 0. The maximum Gasteiger partial charge on any atom is 0.161 e. The highest BCUT2D eigenvalue weighted by Gasteiger charge is 2.61. The molecule has 0 spiro atoms. The molecule has 0 aromatic carbocycles. The lowest BCUT2D eigenvalue weighted by molar-refractivity contribution is -0.129. The van der Waals surface area contributed by atoms with Gasteiger partial charge in [-0.3, -0.25) is 9.78 Å². The van der Waals surface area contributed by atoms with Crippen LogP contribution in [0.1, 0.15) is 52.4 Å². The molecule has 0 radical (unpaired) electrons. The van der Waals surface area contributed by atoms with E-state index in [9.17, 15) is 4.79 Å². The fourth-order valence-electron chi connectivity index (χ4n) is 7.32. The molecule has 3 fully saturated rings. The second-order valence-corrected chi connectivity index (χ2v) is 10.1. The largest absolute Gasteiger partial charge is 0.489 e. The molecule has 1 unspecified atom stereocenters. The number of ether oxygens (including phenoxy) is 1. The number of aromatic nitrogens is 1. The van der Waals surface area contributed by atoms with Crippen molar-refractivity contribution in [3.63, 3.8) is 0 Å². The van der Waals surface area contributed by atoms with Crippen molar-refractivity contribution in [1.82, 2.24) is 9.88 Å². The minimum Gasteiger partial charge on any atom is -0.489 e. The van der Waals surface area contributed by atoms with Crippen LogP contribution in [0.4, 0.5) is 0 Å². The number of rotatable bonds is 2. The minimum absolute atomic E-state index is 0.108. The lowest BCUT2D eigenvalue weighted by Crippen LogP contribution is -2.61. The van der Waals surface area contributed by atoms with Gasteiger partial charge in [0.05, 0.1) is 0 Å². The van der Waals surface area contributed by atoms with E-state index in [-0.39, 0.29) is 17.3 Å². The third kappa shape index (κ3) is 2.56. The highest BCUT2D eigenvalue weighted by molar-refractivity contribution is 5.92. The quantitative estimate of drug-likeness (QED) is 0.759. The first-order valence-corrected chi connectivity index (χ1v) is 10.9. The van der Waals surface area contributed by atoms with Crippen molar-refractivity contribution in [1.29, 1.82) is 0 Å². The van der Waals surface area contributed by atoms with Crippen LogP contribution in [0.2, 0.25) is 0 Å². The molecule has 4 nitrogen and oxygen atoms in total. The van der Waals surface area contributed by atoms with Gasteiger partial charge in [0.15, 0.2) is 5.78 Å². The van der Waals surface area contributed by atoms with Crippen LogP contribution in [-0.4, -0.2) is 35.4 Å². The van der Waals surface area contributed by atoms with Gasteiger partial charge in [0, 0.05) is 49.6 Å². The number of likely N-dealkylation sites (tertiary alicyclic amines) is 1. The standard InChI is InChI=1S/C24H32N2O2/c1-23-9-4-5-19(23)18-15-26(3)21-13-16(27)14-22(24(21,2)20(18)6-10-23)28-17-7-11-25-12-8-17/h7-8,11-13,18-20,22H,4-6,9-10,14-15H2,1-3H3/t18-,19-,20+,22?,23-,24+/m0/s1. The van der Waals surface area contributed by atoms with Crippen LogP contribution in [0.5, 0.6) is 5.75 Å². The molecule has 1 aromatic heterocycles. The number of allylic oxidation sites excluding steroid dienone is 1. The van der Waals surface area contributed by atoms with Gasteiger partial charge >= 0.3 is 0 Å². The highest BCUT2D eigenvalue weighted by atomic mass is 16.5. The lowest BCUT2D eigenvalue weighted by atomic mass is 9.50. The van der Waals surface area contributed by atoms with Crippen molar-refractivity contribution >= 4 is 5.78 Å². The summed E-state index contributed by atoms with van der Waals surface area (Å²) in [7, 11) is 2.18. The van der Waals surface area contributed by atoms with Gasteiger partial charge < -0.3 is 9.64 Å². The summed E-state index contributed by atoms with van der Waals surface area (Å²) in [6.07, 6.45) is 12.5. The van der Waals surface area contributed by atoms with Crippen LogP contribution < -0.4 is 4.74 Å². The number of fused-ring (bicyclic) bond motifs is 5. The number of carbonyl (C=O) groups is 1. The predicted molar refractivity (Wildman–Crippen MR) is 109 cm³/mol. The molecule has 1 aromatic rings. The van der Waals surface area contributed by atoms with Gasteiger partial charge in [-0.25, -0.2) is 0 Å². The van der Waals surface area contributed by atoms with Gasteiger partial charge in [0.1, 0.15) is 11.9 Å². The third-order valence-corrected chi connectivity index (χ3v) is 8.72. The Morgan fingerprint density at radius 3 is 2.71 bits per heavy atom. The van der Waals surface area contributed by atoms with Gasteiger partial charge in [-0.1, -0.05) is 20.3 Å². The first kappa shape index (κ1) is 18.2. The van der Waals surface area contributed by atoms with E-state index in [2.05, 4.69) is 30.8 Å². The number of nitrogens with zero attached hydrogens (tertiary/aromatic N) is 2. The fraction of sp³-hybridized carbons (Fsp3) is 0.667. The Morgan fingerprint density at radius 1 is 1.14 bits per heavy atom. The molecule has 2 saturated carbocycles. The lowest BCUT2D eigenvalue weighted by Gasteiger charge is -2.61. The molecule has 1 saturated heterocycles. The molecule has 4 heteroatoms. The van der Waals surface area contributed by atoms with E-state index < -0.39 is 0 Å². The van der Waals surface area contributed by atoms with Gasteiger partial charge in [-0.15, -0.1) is 0 Å². The topological polar surface area (TPSA) is 42.4 Å². The zero-order valence-corrected chi connectivity index (χ0v) is 17.4. The zero-order valence-electron chi connectivity index (χ0n) is 17.4. The Hall–Kier alpha value is -1.84. The van der Waals surface area contributed by atoms with E-state index in [0.29, 0.717) is 23.7 Å². The van der Waals surface area contributed by atoms with Crippen molar-refractivity contribution in [3.05, 3.63) is 36.3 Å². The van der Waals surface area contributed by atoms with Crippen LogP contribution in [0.3, 0.4) is 0 Å². The van der Waals surface area contributed by atoms with Crippen LogP contribution >= 0.6 is 0 Å². The first-order chi connectivity index (χ1) is 13.4. The first-order valence-electron chi connectivity index (χ1n) is 10.9. The average molecular weight is 381 g/mol. The number of hydrogen-bond acceptors (Lipinski definition) is 4. The molecule has 3 aliphatic carbocycles. The van der Waals surface area contributed by atoms with E-state index in [0.717, 1.165) is 18.2 Å². The van der Waals surface area contributed by atoms with Crippen LogP contribution in [0.25, 0.3) is 0 Å².